The first-order valence-electron chi connectivity index (χ1n) is 8.01. The van der Waals surface area contributed by atoms with Gasteiger partial charge in [-0.1, -0.05) is 36.4 Å². The van der Waals surface area contributed by atoms with Crippen LogP contribution in [0.2, 0.25) is 0 Å². The first-order valence-corrected chi connectivity index (χ1v) is 9.16. The van der Waals surface area contributed by atoms with Crippen LogP contribution in [0.3, 0.4) is 0 Å². The highest BCUT2D eigenvalue weighted by Gasteiger charge is 2.21. The fraction of sp³-hybridized carbons (Fsp3) is 0.263. The monoisotopic (exact) mass is 358 g/mol. The largest absolute Gasteiger partial charge is 0.494 e. The second-order valence-electron chi connectivity index (χ2n) is 5.64. The third kappa shape index (κ3) is 4.39. The maximum absolute atomic E-state index is 13.7. The SMILES string of the molecule is COc1ccc(CSCC(=O)N2CCC(c3ccccc3)=N2)cc1F. The van der Waals surface area contributed by atoms with Gasteiger partial charge in [0, 0.05) is 12.2 Å². The Kier molecular flexibility index (Phi) is 5.71. The number of thioether (sulfide) groups is 1. The van der Waals surface area contributed by atoms with Crippen molar-refractivity contribution in [2.24, 2.45) is 5.10 Å². The van der Waals surface area contributed by atoms with Crippen LogP contribution in [0, 0.1) is 5.82 Å². The van der Waals surface area contributed by atoms with Crippen molar-refractivity contribution in [1.29, 1.82) is 0 Å². The van der Waals surface area contributed by atoms with Gasteiger partial charge >= 0.3 is 0 Å². The molecule has 0 aliphatic carbocycles. The molecular formula is C19H19FN2O2S. The molecule has 0 saturated heterocycles. The lowest BCUT2D eigenvalue weighted by molar-refractivity contribution is -0.127. The summed E-state index contributed by atoms with van der Waals surface area (Å²) in [7, 11) is 1.44. The molecule has 0 unspecified atom stereocenters. The third-order valence-electron chi connectivity index (χ3n) is 3.91. The van der Waals surface area contributed by atoms with Crippen LogP contribution in [-0.2, 0) is 10.5 Å². The molecule has 130 valence electrons. The Bertz CT molecular complexity index is 780. The number of hydrogen-bond acceptors (Lipinski definition) is 4. The number of benzene rings is 2. The summed E-state index contributed by atoms with van der Waals surface area (Å²) in [4.78, 5) is 12.3. The van der Waals surface area contributed by atoms with E-state index in [0.29, 0.717) is 18.1 Å². The average molecular weight is 358 g/mol. The number of amides is 1. The summed E-state index contributed by atoms with van der Waals surface area (Å²) >= 11 is 1.45. The maximum Gasteiger partial charge on any atom is 0.252 e. The molecule has 4 nitrogen and oxygen atoms in total. The number of rotatable bonds is 6. The minimum Gasteiger partial charge on any atom is -0.494 e. The molecule has 3 rings (SSSR count). The van der Waals surface area contributed by atoms with E-state index in [0.717, 1.165) is 23.3 Å². The number of methoxy groups -OCH3 is 1. The van der Waals surface area contributed by atoms with E-state index in [2.05, 4.69) is 5.10 Å². The van der Waals surface area contributed by atoms with Crippen molar-refractivity contribution in [1.82, 2.24) is 5.01 Å². The minimum absolute atomic E-state index is 0.0232. The molecule has 0 atom stereocenters. The fourth-order valence-corrected chi connectivity index (χ4v) is 3.44. The summed E-state index contributed by atoms with van der Waals surface area (Å²) in [6.07, 6.45) is 0.768. The van der Waals surface area contributed by atoms with Crippen LogP contribution in [0.1, 0.15) is 17.5 Å². The predicted octanol–water partition coefficient (Wildman–Crippen LogP) is 3.70. The molecule has 2 aromatic carbocycles. The normalized spacial score (nSPS) is 13.7. The molecule has 6 heteroatoms. The average Bonchev–Trinajstić information content (AvgIpc) is 3.13. The van der Waals surface area contributed by atoms with Crippen LogP contribution in [0.25, 0.3) is 0 Å². The molecule has 1 aliphatic rings. The van der Waals surface area contributed by atoms with E-state index in [4.69, 9.17) is 4.74 Å². The Balaban J connectivity index is 1.52. The standard InChI is InChI=1S/C19H19FN2O2S/c1-24-18-8-7-14(11-16(18)20)12-25-13-19(23)22-10-9-17(21-22)15-5-3-2-4-6-15/h2-8,11H,9-10,12-13H2,1H3. The summed E-state index contributed by atoms with van der Waals surface area (Å²) in [5.41, 5.74) is 2.82. The lowest BCUT2D eigenvalue weighted by Crippen LogP contribution is -2.25. The van der Waals surface area contributed by atoms with E-state index < -0.39 is 0 Å². The molecule has 0 saturated carbocycles. The number of ether oxygens (including phenoxy) is 1. The molecule has 0 aromatic heterocycles. The number of carbonyl (C=O) groups excluding carboxylic acids is 1. The smallest absolute Gasteiger partial charge is 0.252 e. The molecular weight excluding hydrogens is 339 g/mol. The van der Waals surface area contributed by atoms with Crippen molar-refractivity contribution >= 4 is 23.4 Å². The topological polar surface area (TPSA) is 41.9 Å². The quantitative estimate of drug-likeness (QED) is 0.791. The Morgan fingerprint density at radius 2 is 2.08 bits per heavy atom. The highest BCUT2D eigenvalue weighted by molar-refractivity contribution is 7.99. The number of nitrogens with zero attached hydrogens (tertiary/aromatic N) is 2. The predicted molar refractivity (Wildman–Crippen MR) is 98.4 cm³/mol. The third-order valence-corrected chi connectivity index (χ3v) is 4.90. The van der Waals surface area contributed by atoms with Gasteiger partial charge in [-0.15, -0.1) is 11.8 Å². The van der Waals surface area contributed by atoms with Gasteiger partial charge in [0.05, 0.1) is 25.1 Å². The van der Waals surface area contributed by atoms with Crippen molar-refractivity contribution in [2.45, 2.75) is 12.2 Å². The second kappa shape index (κ2) is 8.16. The van der Waals surface area contributed by atoms with Crippen LogP contribution in [-0.4, -0.2) is 36.0 Å². The highest BCUT2D eigenvalue weighted by atomic mass is 32.2. The van der Waals surface area contributed by atoms with Crippen molar-refractivity contribution in [3.05, 3.63) is 65.5 Å². The molecule has 0 bridgehead atoms. The maximum atomic E-state index is 13.7. The zero-order valence-electron chi connectivity index (χ0n) is 13.9. The van der Waals surface area contributed by atoms with Gasteiger partial charge in [0.25, 0.3) is 5.91 Å². The molecule has 25 heavy (non-hydrogen) atoms. The highest BCUT2D eigenvalue weighted by Crippen LogP contribution is 2.21. The van der Waals surface area contributed by atoms with Crippen molar-refractivity contribution in [2.75, 3.05) is 19.4 Å². The Labute approximate surface area is 150 Å². The number of carbonyl (C=O) groups is 1. The lowest BCUT2D eigenvalue weighted by atomic mass is 10.1. The van der Waals surface area contributed by atoms with Crippen molar-refractivity contribution in [3.8, 4) is 5.75 Å². The number of halogens is 1. The Hall–Kier alpha value is -2.34. The van der Waals surface area contributed by atoms with Crippen LogP contribution in [0.5, 0.6) is 5.75 Å². The van der Waals surface area contributed by atoms with Gasteiger partial charge in [-0.05, 0) is 23.3 Å². The van der Waals surface area contributed by atoms with E-state index in [1.54, 1.807) is 12.1 Å². The molecule has 1 heterocycles. The van der Waals surface area contributed by atoms with E-state index in [1.807, 2.05) is 30.3 Å². The summed E-state index contributed by atoms with van der Waals surface area (Å²) in [6, 6.07) is 14.7. The minimum atomic E-state index is -0.386. The Morgan fingerprint density at radius 1 is 1.28 bits per heavy atom. The zero-order chi connectivity index (χ0) is 17.6. The number of hydrogen-bond donors (Lipinski definition) is 0. The zero-order valence-corrected chi connectivity index (χ0v) is 14.8. The van der Waals surface area contributed by atoms with Crippen LogP contribution >= 0.6 is 11.8 Å². The van der Waals surface area contributed by atoms with Crippen LogP contribution < -0.4 is 4.74 Å². The van der Waals surface area contributed by atoms with E-state index in [-0.39, 0.29) is 17.5 Å². The summed E-state index contributed by atoms with van der Waals surface area (Å²) in [6.45, 7) is 0.612. The van der Waals surface area contributed by atoms with E-state index in [9.17, 15) is 9.18 Å². The van der Waals surface area contributed by atoms with Gasteiger partial charge < -0.3 is 4.74 Å². The lowest BCUT2D eigenvalue weighted by Gasteiger charge is -2.11. The Morgan fingerprint density at radius 3 is 2.80 bits per heavy atom. The van der Waals surface area contributed by atoms with Crippen molar-refractivity contribution in [3.63, 3.8) is 0 Å². The summed E-state index contributed by atoms with van der Waals surface area (Å²) in [5.74, 6) is 0.702. The molecule has 0 spiro atoms. The van der Waals surface area contributed by atoms with Crippen LogP contribution in [0.15, 0.2) is 53.6 Å². The van der Waals surface area contributed by atoms with Gasteiger partial charge in [0.15, 0.2) is 11.6 Å². The van der Waals surface area contributed by atoms with Gasteiger partial charge in [0.1, 0.15) is 0 Å². The molecule has 0 fully saturated rings. The van der Waals surface area contributed by atoms with Gasteiger partial charge in [-0.3, -0.25) is 4.79 Å². The van der Waals surface area contributed by atoms with Gasteiger partial charge in [-0.25, -0.2) is 9.40 Å². The fourth-order valence-electron chi connectivity index (χ4n) is 2.60. The first-order chi connectivity index (χ1) is 12.2. The van der Waals surface area contributed by atoms with E-state index in [1.165, 1.54) is 29.9 Å². The van der Waals surface area contributed by atoms with Gasteiger partial charge in [-0.2, -0.15) is 5.10 Å². The number of hydrazone groups is 1. The summed E-state index contributed by atoms with van der Waals surface area (Å²) in [5, 5.41) is 5.96. The molecule has 0 N–H and O–H groups in total. The summed E-state index contributed by atoms with van der Waals surface area (Å²) < 4.78 is 18.6. The second-order valence-corrected chi connectivity index (χ2v) is 6.63. The molecule has 1 aliphatic heterocycles. The van der Waals surface area contributed by atoms with E-state index >= 15 is 0 Å². The molecule has 0 radical (unpaired) electrons. The molecule has 1 amide bonds. The van der Waals surface area contributed by atoms with Gasteiger partial charge in [0.2, 0.25) is 0 Å². The molecule has 2 aromatic rings. The van der Waals surface area contributed by atoms with Crippen LogP contribution in [0.4, 0.5) is 4.39 Å². The van der Waals surface area contributed by atoms with Crippen molar-refractivity contribution < 1.29 is 13.9 Å². The first kappa shape index (κ1) is 17.5.